The molecule has 1 amide bonds. The Labute approximate surface area is 224 Å². The lowest BCUT2D eigenvalue weighted by atomic mass is 9.91. The van der Waals surface area contributed by atoms with Crippen LogP contribution in [-0.4, -0.2) is 44.6 Å². The number of hydrogen-bond donors (Lipinski definition) is 3. The molecule has 0 aliphatic heterocycles. The molecule has 210 valence electrons. The van der Waals surface area contributed by atoms with Crippen LogP contribution in [0.4, 0.5) is 0 Å². The second-order valence-electron chi connectivity index (χ2n) is 11.6. The Morgan fingerprint density at radius 3 is 1.86 bits per heavy atom. The van der Waals surface area contributed by atoms with E-state index >= 15 is 0 Å². The van der Waals surface area contributed by atoms with Gasteiger partial charge in [0.15, 0.2) is 0 Å². The van der Waals surface area contributed by atoms with Gasteiger partial charge in [-0.3, -0.25) is 9.59 Å². The van der Waals surface area contributed by atoms with E-state index in [0.717, 1.165) is 24.2 Å². The molecule has 0 fully saturated rings. The normalized spacial score (nSPS) is 14.9. The highest BCUT2D eigenvalue weighted by atomic mass is 32.2. The summed E-state index contributed by atoms with van der Waals surface area (Å²) in [5.74, 6) is 0.305. The summed E-state index contributed by atoms with van der Waals surface area (Å²) < 4.78 is -0.734. The third-order valence-corrected chi connectivity index (χ3v) is 8.15. The second-order valence-corrected chi connectivity index (χ2v) is 13.2. The van der Waals surface area contributed by atoms with Crippen LogP contribution < -0.4 is 5.32 Å². The van der Waals surface area contributed by atoms with E-state index in [1.165, 1.54) is 68.7 Å². The van der Waals surface area contributed by atoms with Crippen LogP contribution in [0.5, 0.6) is 0 Å². The number of carbonyl (C=O) groups excluding carboxylic acids is 1. The van der Waals surface area contributed by atoms with Gasteiger partial charge in [-0.1, -0.05) is 84.3 Å². The summed E-state index contributed by atoms with van der Waals surface area (Å²) >= 11 is 1.48. The van der Waals surface area contributed by atoms with Crippen molar-refractivity contribution in [2.45, 2.75) is 130 Å². The SMILES string of the molecule is C/C(=C\CSC(C)(C)C(NC(=O)CCC(=O)O)C(=O)O)CCCC(C)CCCC(C)CCCC(C)C. The van der Waals surface area contributed by atoms with E-state index in [-0.39, 0.29) is 12.8 Å². The van der Waals surface area contributed by atoms with E-state index in [1.54, 1.807) is 13.8 Å². The van der Waals surface area contributed by atoms with Crippen LogP contribution in [0.2, 0.25) is 0 Å². The van der Waals surface area contributed by atoms with Crippen LogP contribution >= 0.6 is 11.8 Å². The van der Waals surface area contributed by atoms with E-state index in [9.17, 15) is 19.5 Å². The zero-order valence-corrected chi connectivity index (χ0v) is 24.7. The number of thioether (sulfide) groups is 1. The fourth-order valence-electron chi connectivity index (χ4n) is 4.28. The average Bonchev–Trinajstić information content (AvgIpc) is 2.75. The highest BCUT2D eigenvalue weighted by Gasteiger charge is 2.36. The number of amides is 1. The summed E-state index contributed by atoms with van der Waals surface area (Å²) in [6, 6.07) is -1.09. The van der Waals surface area contributed by atoms with Crippen molar-refractivity contribution >= 4 is 29.6 Å². The Hall–Kier alpha value is -1.50. The molecule has 3 N–H and O–H groups in total. The van der Waals surface area contributed by atoms with Crippen LogP contribution in [0.1, 0.15) is 119 Å². The van der Waals surface area contributed by atoms with Crippen molar-refractivity contribution in [1.82, 2.24) is 5.32 Å². The molecular weight excluding hydrogens is 474 g/mol. The highest BCUT2D eigenvalue weighted by Crippen LogP contribution is 2.29. The Balaban J connectivity index is 4.31. The van der Waals surface area contributed by atoms with Crippen LogP contribution in [-0.2, 0) is 14.4 Å². The Morgan fingerprint density at radius 2 is 1.36 bits per heavy atom. The van der Waals surface area contributed by atoms with Crippen LogP contribution in [0.25, 0.3) is 0 Å². The summed E-state index contributed by atoms with van der Waals surface area (Å²) in [5.41, 5.74) is 1.31. The molecule has 0 aromatic carbocycles. The van der Waals surface area contributed by atoms with Crippen molar-refractivity contribution in [3.05, 3.63) is 11.6 Å². The number of allylic oxidation sites excluding steroid dienone is 1. The summed E-state index contributed by atoms with van der Waals surface area (Å²) in [6.07, 6.45) is 13.1. The van der Waals surface area contributed by atoms with E-state index in [4.69, 9.17) is 5.11 Å². The van der Waals surface area contributed by atoms with Gasteiger partial charge in [0, 0.05) is 16.9 Å². The first kappa shape index (κ1) is 34.5. The molecule has 0 heterocycles. The number of rotatable bonds is 21. The van der Waals surface area contributed by atoms with Gasteiger partial charge in [-0.15, -0.1) is 11.8 Å². The molecule has 0 aromatic heterocycles. The van der Waals surface area contributed by atoms with E-state index in [1.807, 2.05) is 0 Å². The maximum absolute atomic E-state index is 12.0. The molecule has 0 saturated heterocycles. The quantitative estimate of drug-likeness (QED) is 0.135. The lowest BCUT2D eigenvalue weighted by Crippen LogP contribution is -2.52. The summed E-state index contributed by atoms with van der Waals surface area (Å²) in [7, 11) is 0. The maximum Gasteiger partial charge on any atom is 0.327 e. The van der Waals surface area contributed by atoms with Gasteiger partial charge in [-0.25, -0.2) is 4.79 Å². The number of aliphatic carboxylic acids is 2. The van der Waals surface area contributed by atoms with Crippen molar-refractivity contribution < 1.29 is 24.6 Å². The number of carboxylic acids is 2. The van der Waals surface area contributed by atoms with Crippen LogP contribution in [0, 0.1) is 17.8 Å². The minimum absolute atomic E-state index is 0.228. The summed E-state index contributed by atoms with van der Waals surface area (Å²) in [4.78, 5) is 34.4. The first-order valence-electron chi connectivity index (χ1n) is 13.8. The van der Waals surface area contributed by atoms with Gasteiger partial charge in [0.25, 0.3) is 0 Å². The van der Waals surface area contributed by atoms with Crippen molar-refractivity contribution in [3.8, 4) is 0 Å². The zero-order valence-electron chi connectivity index (χ0n) is 23.9. The van der Waals surface area contributed by atoms with Gasteiger partial charge >= 0.3 is 11.9 Å². The molecular formula is C29H53NO5S. The minimum atomic E-state index is -1.11. The molecule has 0 spiro atoms. The van der Waals surface area contributed by atoms with Gasteiger partial charge in [0.05, 0.1) is 6.42 Å². The molecule has 6 nitrogen and oxygen atoms in total. The Bertz CT molecular complexity index is 689. The first-order valence-corrected chi connectivity index (χ1v) is 14.8. The molecule has 0 radical (unpaired) electrons. The Morgan fingerprint density at radius 1 is 0.833 bits per heavy atom. The van der Waals surface area contributed by atoms with Crippen molar-refractivity contribution in [3.63, 3.8) is 0 Å². The number of carbonyl (C=O) groups is 3. The maximum atomic E-state index is 12.0. The fraction of sp³-hybridized carbons (Fsp3) is 0.828. The molecule has 0 bridgehead atoms. The van der Waals surface area contributed by atoms with Crippen LogP contribution in [0.15, 0.2) is 11.6 Å². The number of hydrogen-bond acceptors (Lipinski definition) is 4. The summed E-state index contributed by atoms with van der Waals surface area (Å²) in [5, 5.41) is 20.8. The molecule has 0 aliphatic carbocycles. The Kier molecular flexibility index (Phi) is 17.9. The monoisotopic (exact) mass is 527 g/mol. The second kappa shape index (κ2) is 18.7. The lowest BCUT2D eigenvalue weighted by Gasteiger charge is -2.31. The molecule has 7 heteroatoms. The topological polar surface area (TPSA) is 104 Å². The molecule has 0 saturated carbocycles. The number of nitrogens with one attached hydrogen (secondary N) is 1. The van der Waals surface area contributed by atoms with Gasteiger partial charge in [-0.2, -0.15) is 0 Å². The highest BCUT2D eigenvalue weighted by molar-refractivity contribution is 8.00. The third kappa shape index (κ3) is 17.9. The standard InChI is InChI=1S/C29H53NO5S/c1-21(2)11-8-12-22(3)13-9-14-23(4)15-10-16-24(5)19-20-36-29(6,7)27(28(34)35)30-25(31)17-18-26(32)33/h19,21-23,27H,8-18,20H2,1-7H3,(H,30,31)(H,32,33)(H,34,35)/b24-19+. The fourth-order valence-corrected chi connectivity index (χ4v) is 5.40. The van der Waals surface area contributed by atoms with Crippen molar-refractivity contribution in [2.75, 3.05) is 5.75 Å². The van der Waals surface area contributed by atoms with Gasteiger partial charge in [-0.05, 0) is 51.4 Å². The first-order chi connectivity index (χ1) is 16.7. The summed E-state index contributed by atoms with van der Waals surface area (Å²) in [6.45, 7) is 15.1. The van der Waals surface area contributed by atoms with Gasteiger partial charge in [0.2, 0.25) is 5.91 Å². The smallest absolute Gasteiger partial charge is 0.327 e. The van der Waals surface area contributed by atoms with E-state index < -0.39 is 28.6 Å². The molecule has 0 rings (SSSR count). The predicted octanol–water partition coefficient (Wildman–Crippen LogP) is 7.32. The average molecular weight is 528 g/mol. The minimum Gasteiger partial charge on any atom is -0.481 e. The van der Waals surface area contributed by atoms with Crippen LogP contribution in [0.3, 0.4) is 0 Å². The largest absolute Gasteiger partial charge is 0.481 e. The van der Waals surface area contributed by atoms with Crippen molar-refractivity contribution in [2.24, 2.45) is 17.8 Å². The van der Waals surface area contributed by atoms with Crippen molar-refractivity contribution in [1.29, 1.82) is 0 Å². The van der Waals surface area contributed by atoms with Gasteiger partial charge in [0.1, 0.15) is 6.04 Å². The zero-order chi connectivity index (χ0) is 27.7. The lowest BCUT2D eigenvalue weighted by molar-refractivity contribution is -0.142. The van der Waals surface area contributed by atoms with Gasteiger partial charge < -0.3 is 15.5 Å². The molecule has 36 heavy (non-hydrogen) atoms. The van der Waals surface area contributed by atoms with E-state index in [2.05, 4.69) is 46.0 Å². The molecule has 3 atom stereocenters. The van der Waals surface area contributed by atoms with E-state index in [0.29, 0.717) is 5.75 Å². The predicted molar refractivity (Wildman–Crippen MR) is 151 cm³/mol. The molecule has 0 aliphatic rings. The number of carboxylic acid groups (broad SMARTS) is 2. The molecule has 0 aromatic rings. The molecule has 3 unspecified atom stereocenters. The third-order valence-electron chi connectivity index (χ3n) is 6.84.